The van der Waals surface area contributed by atoms with Gasteiger partial charge in [0.05, 0.1) is 0 Å². The van der Waals surface area contributed by atoms with Gasteiger partial charge in [0.2, 0.25) is 9.84 Å². The number of aliphatic imine (C=N–C) groups is 1. The third kappa shape index (κ3) is 2.66. The van der Waals surface area contributed by atoms with Gasteiger partial charge in [-0.15, -0.1) is 0 Å². The topological polar surface area (TPSA) is 111 Å². The molecule has 3 rings (SSSR count). The lowest BCUT2D eigenvalue weighted by molar-refractivity contribution is 0.235. The van der Waals surface area contributed by atoms with E-state index >= 15 is 0 Å². The van der Waals surface area contributed by atoms with Gasteiger partial charge in [0.1, 0.15) is 12.1 Å². The molecule has 0 saturated heterocycles. The number of carbonyl (C=O) groups excluding carboxylic acids is 1. The molecule has 1 unspecified atom stereocenters. The number of aryl methyl sites for hydroxylation is 1. The molecular formula is C14H17N3O4S. The second-order valence-electron chi connectivity index (χ2n) is 5.77. The van der Waals surface area contributed by atoms with Crippen LogP contribution in [0.15, 0.2) is 23.2 Å². The number of carbonyl (C=O) groups is 1. The summed E-state index contributed by atoms with van der Waals surface area (Å²) >= 11 is 0. The zero-order valence-corrected chi connectivity index (χ0v) is 12.9. The van der Waals surface area contributed by atoms with E-state index in [2.05, 4.69) is 10.3 Å². The Morgan fingerprint density at radius 3 is 2.86 bits per heavy atom. The van der Waals surface area contributed by atoms with E-state index in [1.54, 1.807) is 12.1 Å². The van der Waals surface area contributed by atoms with E-state index in [-0.39, 0.29) is 6.02 Å². The molecule has 1 spiro atoms. The number of benzene rings is 1. The monoisotopic (exact) mass is 323 g/mol. The van der Waals surface area contributed by atoms with Gasteiger partial charge < -0.3 is 15.8 Å². The molecule has 0 bridgehead atoms. The van der Waals surface area contributed by atoms with E-state index in [9.17, 15) is 13.2 Å². The summed E-state index contributed by atoms with van der Waals surface area (Å²) < 4.78 is 27.9. The number of hydrogen-bond donors (Lipinski definition) is 2. The van der Waals surface area contributed by atoms with Gasteiger partial charge >= 0.3 is 5.24 Å². The summed E-state index contributed by atoms with van der Waals surface area (Å²) in [7, 11) is -3.79. The molecule has 22 heavy (non-hydrogen) atoms. The maximum Gasteiger partial charge on any atom is 0.340 e. The first-order valence-electron chi connectivity index (χ1n) is 6.89. The highest BCUT2D eigenvalue weighted by Gasteiger charge is 2.40. The Labute approximate surface area is 128 Å². The second kappa shape index (κ2) is 4.98. The molecule has 118 valence electrons. The molecule has 2 aliphatic rings. The van der Waals surface area contributed by atoms with Crippen molar-refractivity contribution in [2.24, 2.45) is 10.7 Å². The van der Waals surface area contributed by atoms with Crippen LogP contribution in [0.2, 0.25) is 0 Å². The fourth-order valence-corrected chi connectivity index (χ4v) is 3.20. The van der Waals surface area contributed by atoms with Crippen molar-refractivity contribution in [3.05, 3.63) is 29.3 Å². The van der Waals surface area contributed by atoms with Crippen LogP contribution in [0.3, 0.4) is 0 Å². The molecule has 1 heterocycles. The Kier molecular flexibility index (Phi) is 3.36. The molecule has 0 aromatic heterocycles. The summed E-state index contributed by atoms with van der Waals surface area (Å²) in [6, 6.07) is 5.66. The fraction of sp³-hybridized carbons (Fsp3) is 0.429. The van der Waals surface area contributed by atoms with Crippen LogP contribution >= 0.6 is 0 Å². The van der Waals surface area contributed by atoms with Crippen molar-refractivity contribution < 1.29 is 17.9 Å². The SMILES string of the molecule is CS(=O)(=O)C(=O)Nc1cccc2c1CC1(CC2)COC(N)=N1. The number of amides is 1. The zero-order chi connectivity index (χ0) is 16.0. The van der Waals surface area contributed by atoms with Crippen LogP contribution in [-0.4, -0.2) is 38.1 Å². The highest BCUT2D eigenvalue weighted by Crippen LogP contribution is 2.37. The first-order chi connectivity index (χ1) is 10.3. The Hall–Kier alpha value is -2.09. The quantitative estimate of drug-likeness (QED) is 0.795. The minimum Gasteiger partial charge on any atom is -0.463 e. The van der Waals surface area contributed by atoms with E-state index in [1.807, 2.05) is 6.07 Å². The summed E-state index contributed by atoms with van der Waals surface area (Å²) in [4.78, 5) is 16.1. The van der Waals surface area contributed by atoms with Gasteiger partial charge in [-0.05, 0) is 30.0 Å². The number of nitrogens with one attached hydrogen (secondary N) is 1. The molecule has 3 N–H and O–H groups in total. The number of fused-ring (bicyclic) bond motifs is 1. The third-order valence-electron chi connectivity index (χ3n) is 4.05. The van der Waals surface area contributed by atoms with Crippen LogP contribution < -0.4 is 11.1 Å². The zero-order valence-electron chi connectivity index (χ0n) is 12.1. The number of rotatable bonds is 1. The standard InChI is InChI=1S/C14H17N3O4S/c1-22(19,20)13(18)16-11-4-2-3-9-5-6-14(7-10(9)11)8-21-12(15)17-14/h2-4H,5-8H2,1H3,(H2,15,17)(H,16,18). The lowest BCUT2D eigenvalue weighted by Crippen LogP contribution is -2.36. The van der Waals surface area contributed by atoms with Gasteiger partial charge in [-0.1, -0.05) is 12.1 Å². The van der Waals surface area contributed by atoms with Crippen molar-refractivity contribution in [3.63, 3.8) is 0 Å². The Morgan fingerprint density at radius 1 is 1.45 bits per heavy atom. The third-order valence-corrected chi connectivity index (χ3v) is 4.82. The Morgan fingerprint density at radius 2 is 2.23 bits per heavy atom. The predicted molar refractivity (Wildman–Crippen MR) is 82.6 cm³/mol. The average molecular weight is 323 g/mol. The minimum absolute atomic E-state index is 0.182. The van der Waals surface area contributed by atoms with Crippen LogP contribution in [0.4, 0.5) is 10.5 Å². The molecule has 1 aliphatic heterocycles. The van der Waals surface area contributed by atoms with Gasteiger partial charge in [0.25, 0.3) is 6.02 Å². The van der Waals surface area contributed by atoms with Crippen molar-refractivity contribution >= 4 is 26.8 Å². The molecule has 7 nitrogen and oxygen atoms in total. The molecule has 8 heteroatoms. The second-order valence-corrected chi connectivity index (χ2v) is 7.68. The highest BCUT2D eigenvalue weighted by atomic mass is 32.2. The van der Waals surface area contributed by atoms with Crippen LogP contribution in [-0.2, 0) is 27.4 Å². The van der Waals surface area contributed by atoms with Crippen LogP contribution in [0.1, 0.15) is 17.5 Å². The molecule has 1 aromatic rings. The van der Waals surface area contributed by atoms with Crippen LogP contribution in [0.5, 0.6) is 0 Å². The number of nitrogens with two attached hydrogens (primary N) is 1. The van der Waals surface area contributed by atoms with E-state index in [0.29, 0.717) is 18.7 Å². The summed E-state index contributed by atoms with van der Waals surface area (Å²) in [5.41, 5.74) is 7.69. The maximum absolute atomic E-state index is 11.7. The largest absolute Gasteiger partial charge is 0.463 e. The molecule has 0 fully saturated rings. The normalized spacial score (nSPS) is 23.6. The summed E-state index contributed by atoms with van der Waals surface area (Å²) in [6.07, 6.45) is 3.03. The van der Waals surface area contributed by atoms with Gasteiger partial charge in [0, 0.05) is 18.4 Å². The molecular weight excluding hydrogens is 306 g/mol. The van der Waals surface area contributed by atoms with Crippen molar-refractivity contribution in [2.45, 2.75) is 24.8 Å². The van der Waals surface area contributed by atoms with Gasteiger partial charge in [-0.2, -0.15) is 0 Å². The molecule has 1 aliphatic carbocycles. The number of sulfone groups is 1. The van der Waals surface area contributed by atoms with Crippen molar-refractivity contribution in [1.82, 2.24) is 0 Å². The fourth-order valence-electron chi connectivity index (χ4n) is 2.91. The van der Waals surface area contributed by atoms with E-state index in [0.717, 1.165) is 30.2 Å². The van der Waals surface area contributed by atoms with Crippen molar-refractivity contribution in [1.29, 1.82) is 0 Å². The molecule has 0 saturated carbocycles. The van der Waals surface area contributed by atoms with Crippen molar-refractivity contribution in [2.75, 3.05) is 18.2 Å². The average Bonchev–Trinajstić information content (AvgIpc) is 2.79. The van der Waals surface area contributed by atoms with Crippen LogP contribution in [0.25, 0.3) is 0 Å². The number of amidine groups is 1. The minimum atomic E-state index is -3.79. The molecule has 0 radical (unpaired) electrons. The lowest BCUT2D eigenvalue weighted by atomic mass is 9.78. The first-order valence-corrected chi connectivity index (χ1v) is 8.78. The molecule has 1 atom stereocenters. The predicted octanol–water partition coefficient (Wildman–Crippen LogP) is 0.835. The van der Waals surface area contributed by atoms with Gasteiger partial charge in [-0.3, -0.25) is 4.79 Å². The van der Waals surface area contributed by atoms with Crippen LogP contribution in [0, 0.1) is 0 Å². The Balaban J connectivity index is 1.94. The van der Waals surface area contributed by atoms with E-state index in [1.165, 1.54) is 0 Å². The number of ether oxygens (including phenoxy) is 1. The number of hydrogen-bond acceptors (Lipinski definition) is 6. The maximum atomic E-state index is 11.7. The highest BCUT2D eigenvalue weighted by molar-refractivity contribution is 8.05. The molecule has 1 aromatic carbocycles. The number of nitrogens with zero attached hydrogens (tertiary/aromatic N) is 1. The summed E-state index contributed by atoms with van der Waals surface area (Å²) in [6.45, 7) is 0.409. The smallest absolute Gasteiger partial charge is 0.340 e. The van der Waals surface area contributed by atoms with E-state index < -0.39 is 20.6 Å². The first kappa shape index (κ1) is 14.8. The van der Waals surface area contributed by atoms with Gasteiger partial charge in [-0.25, -0.2) is 13.4 Å². The number of anilines is 1. The van der Waals surface area contributed by atoms with Gasteiger partial charge in [0.15, 0.2) is 0 Å². The Bertz CT molecular complexity index is 772. The molecule has 1 amide bonds. The lowest BCUT2D eigenvalue weighted by Gasteiger charge is -2.31. The summed E-state index contributed by atoms with van der Waals surface area (Å²) in [5.74, 6) is 0. The summed E-state index contributed by atoms with van der Waals surface area (Å²) in [5, 5.41) is 1.47. The van der Waals surface area contributed by atoms with E-state index in [4.69, 9.17) is 10.5 Å². The van der Waals surface area contributed by atoms with Crippen molar-refractivity contribution in [3.8, 4) is 0 Å².